The highest BCUT2D eigenvalue weighted by Crippen LogP contribution is 2.19. The molecule has 0 spiro atoms. The van der Waals surface area contributed by atoms with Crippen molar-refractivity contribution in [3.8, 4) is 0 Å². The Labute approximate surface area is 141 Å². The summed E-state index contributed by atoms with van der Waals surface area (Å²) in [5.74, 6) is -0.289. The van der Waals surface area contributed by atoms with E-state index in [4.69, 9.17) is 0 Å². The average Bonchev–Trinajstić information content (AvgIpc) is 2.85. The Hall–Kier alpha value is -2.62. The number of rotatable bonds is 5. The summed E-state index contributed by atoms with van der Waals surface area (Å²) in [5.41, 5.74) is 4.31. The summed E-state index contributed by atoms with van der Waals surface area (Å²) in [5, 5.41) is 4.11. The molecular weight excluding hydrogens is 303 g/mol. The van der Waals surface area contributed by atoms with E-state index in [1.165, 1.54) is 28.7 Å². The van der Waals surface area contributed by atoms with Crippen molar-refractivity contribution in [2.24, 2.45) is 7.05 Å². The highest BCUT2D eigenvalue weighted by molar-refractivity contribution is 5.82. The number of aromatic nitrogens is 1. The summed E-state index contributed by atoms with van der Waals surface area (Å²) in [7, 11) is 2.05. The van der Waals surface area contributed by atoms with Crippen molar-refractivity contribution in [1.82, 2.24) is 9.88 Å². The van der Waals surface area contributed by atoms with E-state index in [0.717, 1.165) is 11.1 Å². The first-order chi connectivity index (χ1) is 11.5. The molecule has 0 bridgehead atoms. The van der Waals surface area contributed by atoms with Gasteiger partial charge in [-0.3, -0.25) is 4.79 Å². The molecule has 2 aromatic carbocycles. The number of hydrogen-bond donors (Lipinski definition) is 1. The van der Waals surface area contributed by atoms with Crippen LogP contribution in [0, 0.1) is 12.7 Å². The highest BCUT2D eigenvalue weighted by Gasteiger charge is 2.06. The predicted molar refractivity (Wildman–Crippen MR) is 94.2 cm³/mol. The van der Waals surface area contributed by atoms with E-state index >= 15 is 0 Å². The molecule has 1 N–H and O–H groups in total. The van der Waals surface area contributed by atoms with Crippen molar-refractivity contribution in [2.45, 2.75) is 26.3 Å². The van der Waals surface area contributed by atoms with Crippen LogP contribution in [0.15, 0.2) is 48.5 Å². The summed E-state index contributed by atoms with van der Waals surface area (Å²) in [4.78, 5) is 12.0. The van der Waals surface area contributed by atoms with Gasteiger partial charge >= 0.3 is 0 Å². The van der Waals surface area contributed by atoms with Gasteiger partial charge in [-0.25, -0.2) is 4.39 Å². The van der Waals surface area contributed by atoms with Crippen LogP contribution in [0.3, 0.4) is 0 Å². The van der Waals surface area contributed by atoms with Crippen molar-refractivity contribution in [3.63, 3.8) is 0 Å². The first kappa shape index (κ1) is 16.2. The number of hydrogen-bond acceptors (Lipinski definition) is 1. The van der Waals surface area contributed by atoms with Gasteiger partial charge in [0.2, 0.25) is 5.91 Å². The first-order valence-corrected chi connectivity index (χ1v) is 8.09. The molecular formula is C20H21FN2O. The number of carbonyl (C=O) groups excluding carboxylic acids is 1. The predicted octanol–water partition coefficient (Wildman–Crippen LogP) is 3.87. The van der Waals surface area contributed by atoms with Crippen molar-refractivity contribution >= 4 is 16.8 Å². The van der Waals surface area contributed by atoms with E-state index in [0.29, 0.717) is 19.4 Å². The van der Waals surface area contributed by atoms with E-state index in [2.05, 4.69) is 35.0 Å². The first-order valence-electron chi connectivity index (χ1n) is 8.09. The number of amides is 1. The lowest BCUT2D eigenvalue weighted by molar-refractivity contribution is -0.121. The lowest BCUT2D eigenvalue weighted by atomic mass is 10.1. The molecule has 3 rings (SSSR count). The van der Waals surface area contributed by atoms with E-state index in [-0.39, 0.29) is 11.7 Å². The van der Waals surface area contributed by atoms with Gasteiger partial charge in [0, 0.05) is 36.6 Å². The van der Waals surface area contributed by atoms with Gasteiger partial charge in [-0.1, -0.05) is 18.2 Å². The molecule has 0 aliphatic rings. The Balaban J connectivity index is 1.56. The van der Waals surface area contributed by atoms with Crippen LogP contribution >= 0.6 is 0 Å². The highest BCUT2D eigenvalue weighted by atomic mass is 19.1. The molecule has 124 valence electrons. The van der Waals surface area contributed by atoms with Gasteiger partial charge in [0.05, 0.1) is 0 Å². The van der Waals surface area contributed by atoms with Gasteiger partial charge in [0.15, 0.2) is 0 Å². The Morgan fingerprint density at radius 2 is 1.96 bits per heavy atom. The standard InChI is InChI=1S/C20H21FN2O/c1-14-10-17-11-16(6-8-19(17)23(14)2)13-22-20(24)9-7-15-4-3-5-18(21)12-15/h3-6,8,10-12H,7,9,13H2,1-2H3,(H,22,24). The van der Waals surface area contributed by atoms with Crippen molar-refractivity contribution in [1.29, 1.82) is 0 Å². The second-order valence-electron chi connectivity index (χ2n) is 6.14. The Bertz CT molecular complexity index is 882. The van der Waals surface area contributed by atoms with Gasteiger partial charge in [-0.15, -0.1) is 0 Å². The number of nitrogens with zero attached hydrogens (tertiary/aromatic N) is 1. The molecule has 0 aliphatic heterocycles. The second kappa shape index (κ2) is 6.87. The molecule has 0 atom stereocenters. The smallest absolute Gasteiger partial charge is 0.220 e. The van der Waals surface area contributed by atoms with Crippen molar-refractivity contribution in [2.75, 3.05) is 0 Å². The molecule has 1 heterocycles. The fourth-order valence-electron chi connectivity index (χ4n) is 2.89. The molecule has 3 aromatic rings. The third kappa shape index (κ3) is 3.65. The summed E-state index contributed by atoms with van der Waals surface area (Å²) < 4.78 is 15.3. The van der Waals surface area contributed by atoms with Gasteiger partial charge in [0.1, 0.15) is 5.82 Å². The molecule has 24 heavy (non-hydrogen) atoms. The minimum atomic E-state index is -0.264. The van der Waals surface area contributed by atoms with E-state index < -0.39 is 0 Å². The van der Waals surface area contributed by atoms with Crippen LogP contribution in [0.25, 0.3) is 10.9 Å². The van der Waals surface area contributed by atoms with Gasteiger partial charge in [-0.05, 0) is 54.8 Å². The number of halogens is 1. The topological polar surface area (TPSA) is 34.0 Å². The number of benzene rings is 2. The minimum absolute atomic E-state index is 0.0244. The molecule has 0 radical (unpaired) electrons. The minimum Gasteiger partial charge on any atom is -0.352 e. The normalized spacial score (nSPS) is 11.0. The summed E-state index contributed by atoms with van der Waals surface area (Å²) in [6.45, 7) is 2.58. The maximum atomic E-state index is 13.1. The van der Waals surface area contributed by atoms with Crippen LogP contribution in [0.1, 0.15) is 23.2 Å². The fraction of sp³-hybridized carbons (Fsp3) is 0.250. The summed E-state index contributed by atoms with van der Waals surface area (Å²) in [6.07, 6.45) is 0.899. The summed E-state index contributed by atoms with van der Waals surface area (Å²) in [6, 6.07) is 14.7. The number of nitrogens with one attached hydrogen (secondary N) is 1. The number of aryl methyl sites for hydroxylation is 3. The molecule has 0 saturated heterocycles. The lowest BCUT2D eigenvalue weighted by Crippen LogP contribution is -2.22. The largest absolute Gasteiger partial charge is 0.352 e. The molecule has 3 nitrogen and oxygen atoms in total. The maximum Gasteiger partial charge on any atom is 0.220 e. The molecule has 4 heteroatoms. The van der Waals surface area contributed by atoms with E-state index in [1.807, 2.05) is 19.2 Å². The molecule has 0 aliphatic carbocycles. The number of fused-ring (bicyclic) bond motifs is 1. The van der Waals surface area contributed by atoms with E-state index in [1.54, 1.807) is 6.07 Å². The van der Waals surface area contributed by atoms with Crippen LogP contribution in [-0.4, -0.2) is 10.5 Å². The third-order valence-electron chi connectivity index (χ3n) is 4.37. The van der Waals surface area contributed by atoms with Crippen molar-refractivity contribution < 1.29 is 9.18 Å². The van der Waals surface area contributed by atoms with Crippen LogP contribution in [0.4, 0.5) is 4.39 Å². The fourth-order valence-corrected chi connectivity index (χ4v) is 2.89. The third-order valence-corrected chi connectivity index (χ3v) is 4.37. The average molecular weight is 324 g/mol. The van der Waals surface area contributed by atoms with Crippen LogP contribution in [0.5, 0.6) is 0 Å². The Kier molecular flexibility index (Phi) is 4.65. The zero-order chi connectivity index (χ0) is 17.1. The van der Waals surface area contributed by atoms with Crippen LogP contribution in [0.2, 0.25) is 0 Å². The summed E-state index contributed by atoms with van der Waals surface area (Å²) >= 11 is 0. The quantitative estimate of drug-likeness (QED) is 0.759. The maximum absolute atomic E-state index is 13.1. The monoisotopic (exact) mass is 324 g/mol. The van der Waals surface area contributed by atoms with Gasteiger partial charge in [-0.2, -0.15) is 0 Å². The molecule has 0 saturated carbocycles. The zero-order valence-electron chi connectivity index (χ0n) is 14.0. The molecule has 0 unspecified atom stereocenters. The Morgan fingerprint density at radius 1 is 1.12 bits per heavy atom. The molecule has 1 amide bonds. The zero-order valence-corrected chi connectivity index (χ0v) is 14.0. The Morgan fingerprint density at radius 3 is 2.75 bits per heavy atom. The lowest BCUT2D eigenvalue weighted by Gasteiger charge is -2.06. The van der Waals surface area contributed by atoms with Crippen LogP contribution < -0.4 is 5.32 Å². The van der Waals surface area contributed by atoms with Gasteiger partial charge < -0.3 is 9.88 Å². The second-order valence-corrected chi connectivity index (χ2v) is 6.14. The SMILES string of the molecule is Cc1cc2cc(CNC(=O)CCc3cccc(F)c3)ccc2n1C. The molecule has 0 fully saturated rings. The molecule has 1 aromatic heterocycles. The van der Waals surface area contributed by atoms with Gasteiger partial charge in [0.25, 0.3) is 0 Å². The number of carbonyl (C=O) groups is 1. The van der Waals surface area contributed by atoms with Crippen molar-refractivity contribution in [3.05, 3.63) is 71.2 Å². The van der Waals surface area contributed by atoms with E-state index in [9.17, 15) is 9.18 Å². The van der Waals surface area contributed by atoms with Crippen LogP contribution in [-0.2, 0) is 24.8 Å².